The van der Waals surface area contributed by atoms with Crippen molar-refractivity contribution in [2.24, 2.45) is 0 Å². The van der Waals surface area contributed by atoms with Gasteiger partial charge in [-0.15, -0.1) is 6.58 Å². The second-order valence-electron chi connectivity index (χ2n) is 3.67. The van der Waals surface area contributed by atoms with Crippen molar-refractivity contribution in [1.82, 2.24) is 4.90 Å². The Morgan fingerprint density at radius 3 is 2.64 bits per heavy atom. The van der Waals surface area contributed by atoms with Gasteiger partial charge in [0.25, 0.3) is 0 Å². The van der Waals surface area contributed by atoms with E-state index in [0.29, 0.717) is 13.2 Å². The Labute approximate surface area is 85.7 Å². The number of hydrogen-bond donors (Lipinski definition) is 0. The van der Waals surface area contributed by atoms with Gasteiger partial charge < -0.3 is 9.53 Å². The minimum atomic E-state index is -0.311. The number of aldehydes is 1. The summed E-state index contributed by atoms with van der Waals surface area (Å²) in [7, 11) is 0. The molecule has 80 valence electrons. The van der Waals surface area contributed by atoms with Crippen molar-refractivity contribution in [3.05, 3.63) is 12.7 Å². The van der Waals surface area contributed by atoms with Crippen molar-refractivity contribution in [2.45, 2.75) is 31.8 Å². The molecule has 0 amide bonds. The van der Waals surface area contributed by atoms with Gasteiger partial charge in [0.1, 0.15) is 12.4 Å². The van der Waals surface area contributed by atoms with E-state index in [9.17, 15) is 4.79 Å². The first kappa shape index (κ1) is 11.4. The second kappa shape index (κ2) is 6.74. The molecule has 0 N–H and O–H groups in total. The van der Waals surface area contributed by atoms with Crippen molar-refractivity contribution in [3.8, 4) is 0 Å². The molecule has 1 heterocycles. The lowest BCUT2D eigenvalue weighted by Gasteiger charge is -2.27. The average molecular weight is 197 g/mol. The van der Waals surface area contributed by atoms with E-state index in [2.05, 4.69) is 11.5 Å². The quantitative estimate of drug-likeness (QED) is 0.478. The average Bonchev–Trinajstić information content (AvgIpc) is 2.25. The number of rotatable bonds is 6. The van der Waals surface area contributed by atoms with E-state index < -0.39 is 0 Å². The molecule has 1 aliphatic heterocycles. The lowest BCUT2D eigenvalue weighted by Crippen LogP contribution is -2.34. The normalized spacial score (nSPS) is 20.3. The Bertz CT molecular complexity index is 176. The molecule has 0 saturated carbocycles. The van der Waals surface area contributed by atoms with Crippen molar-refractivity contribution in [2.75, 3.05) is 19.8 Å². The third kappa shape index (κ3) is 4.03. The van der Waals surface area contributed by atoms with Crippen LogP contribution in [0, 0.1) is 0 Å². The van der Waals surface area contributed by atoms with Crippen molar-refractivity contribution in [1.29, 1.82) is 0 Å². The van der Waals surface area contributed by atoms with E-state index in [1.54, 1.807) is 6.08 Å². The van der Waals surface area contributed by atoms with E-state index >= 15 is 0 Å². The Kier molecular flexibility index (Phi) is 5.49. The molecule has 0 aliphatic carbocycles. The summed E-state index contributed by atoms with van der Waals surface area (Å²) in [6.45, 7) is 6.37. The molecule has 0 radical (unpaired) electrons. The molecule has 0 aromatic heterocycles. The van der Waals surface area contributed by atoms with Gasteiger partial charge in [0.15, 0.2) is 0 Å². The van der Waals surface area contributed by atoms with Gasteiger partial charge in [0, 0.05) is 13.1 Å². The summed E-state index contributed by atoms with van der Waals surface area (Å²) in [5, 5.41) is 0. The summed E-state index contributed by atoms with van der Waals surface area (Å²) in [4.78, 5) is 12.8. The van der Waals surface area contributed by atoms with Crippen LogP contribution >= 0.6 is 0 Å². The topological polar surface area (TPSA) is 29.5 Å². The van der Waals surface area contributed by atoms with Crippen LogP contribution in [0.3, 0.4) is 0 Å². The van der Waals surface area contributed by atoms with Gasteiger partial charge in [-0.2, -0.15) is 0 Å². The maximum absolute atomic E-state index is 10.6. The van der Waals surface area contributed by atoms with Gasteiger partial charge >= 0.3 is 0 Å². The standard InChI is InChI=1S/C11H19NO2/c1-2-6-11(9-13)14-10-12-7-4-3-5-8-12/h2,9,11H,1,3-8,10H2. The molecule has 0 spiro atoms. The fraction of sp³-hybridized carbons (Fsp3) is 0.727. The fourth-order valence-electron chi connectivity index (χ4n) is 1.62. The molecular formula is C11H19NO2. The zero-order chi connectivity index (χ0) is 10.2. The van der Waals surface area contributed by atoms with Gasteiger partial charge in [0.05, 0.1) is 6.73 Å². The summed E-state index contributed by atoms with van der Waals surface area (Å²) in [5.74, 6) is 0. The smallest absolute Gasteiger partial charge is 0.149 e. The Balaban J connectivity index is 2.16. The highest BCUT2D eigenvalue weighted by atomic mass is 16.5. The van der Waals surface area contributed by atoms with Crippen LogP contribution in [0.4, 0.5) is 0 Å². The molecule has 0 bridgehead atoms. The predicted octanol–water partition coefficient (Wildman–Crippen LogP) is 1.59. The van der Waals surface area contributed by atoms with Crippen LogP contribution in [0.25, 0.3) is 0 Å². The SMILES string of the molecule is C=CCC(C=O)OCN1CCCCC1. The molecule has 14 heavy (non-hydrogen) atoms. The van der Waals surface area contributed by atoms with Crippen LogP contribution in [-0.4, -0.2) is 37.1 Å². The molecule has 1 rings (SSSR count). The Hall–Kier alpha value is -0.670. The Morgan fingerprint density at radius 1 is 1.36 bits per heavy atom. The summed E-state index contributed by atoms with van der Waals surface area (Å²) in [6, 6.07) is 0. The van der Waals surface area contributed by atoms with E-state index in [1.807, 2.05) is 0 Å². The highest BCUT2D eigenvalue weighted by Gasteiger charge is 2.12. The van der Waals surface area contributed by atoms with Gasteiger partial charge in [-0.25, -0.2) is 0 Å². The molecule has 1 saturated heterocycles. The number of nitrogens with zero attached hydrogens (tertiary/aromatic N) is 1. The van der Waals surface area contributed by atoms with Crippen LogP contribution in [-0.2, 0) is 9.53 Å². The molecule has 0 aromatic carbocycles. The van der Waals surface area contributed by atoms with E-state index in [-0.39, 0.29) is 6.10 Å². The monoisotopic (exact) mass is 197 g/mol. The van der Waals surface area contributed by atoms with Gasteiger partial charge in [-0.05, 0) is 19.3 Å². The van der Waals surface area contributed by atoms with Crippen LogP contribution in [0.2, 0.25) is 0 Å². The number of carbonyl (C=O) groups excluding carboxylic acids is 1. The summed E-state index contributed by atoms with van der Waals surface area (Å²) in [6.07, 6.45) is 6.68. The highest BCUT2D eigenvalue weighted by Crippen LogP contribution is 2.09. The Morgan fingerprint density at radius 2 is 2.07 bits per heavy atom. The largest absolute Gasteiger partial charge is 0.355 e. The second-order valence-corrected chi connectivity index (χ2v) is 3.67. The summed E-state index contributed by atoms with van der Waals surface area (Å²) >= 11 is 0. The van der Waals surface area contributed by atoms with Gasteiger partial charge in [-0.1, -0.05) is 12.5 Å². The molecule has 1 atom stereocenters. The van der Waals surface area contributed by atoms with E-state index in [0.717, 1.165) is 19.4 Å². The van der Waals surface area contributed by atoms with Crippen molar-refractivity contribution in [3.63, 3.8) is 0 Å². The van der Waals surface area contributed by atoms with Crippen molar-refractivity contribution >= 4 is 6.29 Å². The third-order valence-electron chi connectivity index (χ3n) is 2.47. The first-order valence-electron chi connectivity index (χ1n) is 5.27. The molecule has 1 fully saturated rings. The number of ether oxygens (including phenoxy) is 1. The van der Waals surface area contributed by atoms with Crippen molar-refractivity contribution < 1.29 is 9.53 Å². The van der Waals surface area contributed by atoms with Crippen LogP contribution < -0.4 is 0 Å². The molecule has 0 aromatic rings. The van der Waals surface area contributed by atoms with Crippen LogP contribution in [0.15, 0.2) is 12.7 Å². The third-order valence-corrected chi connectivity index (χ3v) is 2.47. The lowest BCUT2D eigenvalue weighted by molar-refractivity contribution is -0.121. The van der Waals surface area contributed by atoms with Crippen LogP contribution in [0.5, 0.6) is 0 Å². The molecule has 3 nitrogen and oxygen atoms in total. The first-order chi connectivity index (χ1) is 6.86. The van der Waals surface area contributed by atoms with E-state index in [1.165, 1.54) is 19.3 Å². The van der Waals surface area contributed by atoms with Crippen LogP contribution in [0.1, 0.15) is 25.7 Å². The molecular weight excluding hydrogens is 178 g/mol. The minimum absolute atomic E-state index is 0.311. The number of carbonyl (C=O) groups is 1. The molecule has 1 unspecified atom stereocenters. The fourth-order valence-corrected chi connectivity index (χ4v) is 1.62. The molecule has 1 aliphatic rings. The maximum Gasteiger partial charge on any atom is 0.149 e. The minimum Gasteiger partial charge on any atom is -0.355 e. The summed E-state index contributed by atoms with van der Waals surface area (Å²) in [5.41, 5.74) is 0. The highest BCUT2D eigenvalue weighted by molar-refractivity contribution is 5.56. The number of likely N-dealkylation sites (tertiary alicyclic amines) is 1. The summed E-state index contributed by atoms with van der Waals surface area (Å²) < 4.78 is 5.46. The van der Waals surface area contributed by atoms with Gasteiger partial charge in [0.2, 0.25) is 0 Å². The lowest BCUT2D eigenvalue weighted by atomic mass is 10.1. The zero-order valence-corrected chi connectivity index (χ0v) is 8.65. The molecule has 3 heteroatoms. The number of piperidine rings is 1. The van der Waals surface area contributed by atoms with Gasteiger partial charge in [-0.3, -0.25) is 4.90 Å². The number of hydrogen-bond acceptors (Lipinski definition) is 3. The predicted molar refractivity (Wildman–Crippen MR) is 56.0 cm³/mol. The van der Waals surface area contributed by atoms with E-state index in [4.69, 9.17) is 4.74 Å². The zero-order valence-electron chi connectivity index (χ0n) is 8.65. The maximum atomic E-state index is 10.6. The first-order valence-corrected chi connectivity index (χ1v) is 5.27.